The molecule has 0 atom stereocenters. The Morgan fingerprint density at radius 1 is 1.13 bits per heavy atom. The number of benzene rings is 1. The number of aromatic nitrogens is 1. The first-order valence-electron chi connectivity index (χ1n) is 10.1. The Kier molecular flexibility index (Phi) is 8.09. The van der Waals surface area contributed by atoms with Crippen LogP contribution in [0.5, 0.6) is 0 Å². The molecular weight excluding hydrogens is 422 g/mol. The number of hydrogen-bond acceptors (Lipinski definition) is 6. The molecule has 2 amide bonds. The predicted molar refractivity (Wildman–Crippen MR) is 120 cm³/mol. The normalized spacial score (nSPS) is 15.3. The van der Waals surface area contributed by atoms with Gasteiger partial charge < -0.3 is 14.2 Å². The van der Waals surface area contributed by atoms with Crippen molar-refractivity contribution in [2.45, 2.75) is 39.2 Å². The lowest BCUT2D eigenvalue weighted by molar-refractivity contribution is -0.141. The Labute approximate surface area is 184 Å². The van der Waals surface area contributed by atoms with Crippen molar-refractivity contribution in [1.82, 2.24) is 9.47 Å². The Morgan fingerprint density at radius 2 is 1.87 bits per heavy atom. The van der Waals surface area contributed by atoms with Crippen molar-refractivity contribution in [1.29, 1.82) is 0 Å². The highest BCUT2D eigenvalue weighted by molar-refractivity contribution is 8.00. The molecule has 0 unspecified atom stereocenters. The maximum absolute atomic E-state index is 12.4. The summed E-state index contributed by atoms with van der Waals surface area (Å²) in [6, 6.07) is 5.88. The number of amides is 2. The Balaban J connectivity index is 1.69. The molecule has 162 valence electrons. The molecule has 0 spiro atoms. The summed E-state index contributed by atoms with van der Waals surface area (Å²) in [6.07, 6.45) is 4.45. The van der Waals surface area contributed by atoms with Gasteiger partial charge in [-0.2, -0.15) is 4.99 Å². The molecule has 9 heteroatoms. The number of thiazole rings is 1. The number of ether oxygens (including phenoxy) is 1. The lowest BCUT2D eigenvalue weighted by Crippen LogP contribution is -2.33. The van der Waals surface area contributed by atoms with E-state index in [1.165, 1.54) is 43.1 Å². The summed E-state index contributed by atoms with van der Waals surface area (Å²) in [5, 5.41) is 0. The van der Waals surface area contributed by atoms with E-state index in [-0.39, 0.29) is 29.9 Å². The van der Waals surface area contributed by atoms with Crippen LogP contribution in [0.1, 0.15) is 31.2 Å². The molecule has 0 bridgehead atoms. The zero-order chi connectivity index (χ0) is 21.5. The Hall–Kier alpha value is -2.13. The van der Waals surface area contributed by atoms with Crippen molar-refractivity contribution in [3.8, 4) is 0 Å². The standard InChI is InChI=1S/C21H27N3O4S2/c1-15-7-8-16-17(11-15)30-21(24(16)12-20(27)28-2)22-18(25)13-29-14-19(26)23-9-5-3-4-6-10-23/h7-8,11H,3-6,9-10,12-14H2,1-2H3. The highest BCUT2D eigenvalue weighted by Gasteiger charge is 2.16. The number of carbonyl (C=O) groups is 3. The summed E-state index contributed by atoms with van der Waals surface area (Å²) >= 11 is 2.66. The smallest absolute Gasteiger partial charge is 0.325 e. The van der Waals surface area contributed by atoms with Crippen molar-refractivity contribution >= 4 is 51.1 Å². The van der Waals surface area contributed by atoms with E-state index in [4.69, 9.17) is 4.74 Å². The van der Waals surface area contributed by atoms with Gasteiger partial charge in [0.05, 0.1) is 28.8 Å². The fourth-order valence-corrected chi connectivity index (χ4v) is 5.23. The van der Waals surface area contributed by atoms with Gasteiger partial charge in [0.25, 0.3) is 5.91 Å². The molecule has 1 aliphatic heterocycles. The summed E-state index contributed by atoms with van der Waals surface area (Å²) in [6.45, 7) is 3.61. The summed E-state index contributed by atoms with van der Waals surface area (Å²) in [5.74, 6) is -0.208. The highest BCUT2D eigenvalue weighted by atomic mass is 32.2. The van der Waals surface area contributed by atoms with Crippen LogP contribution in [0.4, 0.5) is 0 Å². The molecule has 1 fully saturated rings. The van der Waals surface area contributed by atoms with Gasteiger partial charge in [0.15, 0.2) is 4.80 Å². The zero-order valence-electron chi connectivity index (χ0n) is 17.4. The number of rotatable bonds is 6. The predicted octanol–water partition coefficient (Wildman–Crippen LogP) is 2.75. The first kappa shape index (κ1) is 22.6. The van der Waals surface area contributed by atoms with Gasteiger partial charge in [0.2, 0.25) is 5.91 Å². The molecule has 3 rings (SSSR count). The van der Waals surface area contributed by atoms with E-state index in [0.29, 0.717) is 4.80 Å². The van der Waals surface area contributed by atoms with Gasteiger partial charge in [0, 0.05) is 13.1 Å². The topological polar surface area (TPSA) is 81.0 Å². The largest absolute Gasteiger partial charge is 0.468 e. The summed E-state index contributed by atoms with van der Waals surface area (Å²) in [5.41, 5.74) is 1.93. The van der Waals surface area contributed by atoms with E-state index < -0.39 is 5.97 Å². The maximum atomic E-state index is 12.4. The van der Waals surface area contributed by atoms with Crippen LogP contribution in [0, 0.1) is 6.92 Å². The fourth-order valence-electron chi connectivity index (χ4n) is 3.39. The van der Waals surface area contributed by atoms with Crippen molar-refractivity contribution < 1.29 is 19.1 Å². The van der Waals surface area contributed by atoms with Crippen LogP contribution in [0.2, 0.25) is 0 Å². The number of methoxy groups -OCH3 is 1. The van der Waals surface area contributed by atoms with Gasteiger partial charge in [-0.15, -0.1) is 11.8 Å². The minimum absolute atomic E-state index is 0.00768. The molecule has 0 aliphatic carbocycles. The third-order valence-corrected chi connectivity index (χ3v) is 6.93. The molecule has 1 saturated heterocycles. The van der Waals surface area contributed by atoms with Crippen LogP contribution in [0.3, 0.4) is 0 Å². The molecule has 2 aromatic rings. The van der Waals surface area contributed by atoms with E-state index in [9.17, 15) is 14.4 Å². The molecule has 2 heterocycles. The minimum Gasteiger partial charge on any atom is -0.468 e. The van der Waals surface area contributed by atoms with Crippen LogP contribution < -0.4 is 4.80 Å². The van der Waals surface area contributed by atoms with Gasteiger partial charge in [0.1, 0.15) is 6.54 Å². The first-order valence-corrected chi connectivity index (χ1v) is 12.0. The first-order chi connectivity index (χ1) is 14.5. The number of thioether (sulfide) groups is 1. The van der Waals surface area contributed by atoms with Crippen LogP contribution in [-0.2, 0) is 25.7 Å². The summed E-state index contributed by atoms with van der Waals surface area (Å²) < 4.78 is 7.44. The van der Waals surface area contributed by atoms with E-state index in [1.807, 2.05) is 30.0 Å². The Bertz CT molecular complexity index is 988. The van der Waals surface area contributed by atoms with Crippen molar-refractivity contribution in [3.05, 3.63) is 28.6 Å². The summed E-state index contributed by atoms with van der Waals surface area (Å²) in [7, 11) is 1.33. The van der Waals surface area contributed by atoms with Crippen molar-refractivity contribution in [2.75, 3.05) is 31.7 Å². The van der Waals surface area contributed by atoms with Crippen LogP contribution in [-0.4, -0.2) is 59.0 Å². The number of aryl methyl sites for hydroxylation is 1. The molecular formula is C21H27N3O4S2. The number of carbonyl (C=O) groups excluding carboxylic acids is 3. The second-order valence-electron chi connectivity index (χ2n) is 7.31. The molecule has 1 aliphatic rings. The fraction of sp³-hybridized carbons (Fsp3) is 0.524. The molecule has 30 heavy (non-hydrogen) atoms. The van der Waals surface area contributed by atoms with Gasteiger partial charge in [-0.3, -0.25) is 14.4 Å². The number of hydrogen-bond donors (Lipinski definition) is 0. The molecule has 7 nitrogen and oxygen atoms in total. The number of fused-ring (bicyclic) bond motifs is 1. The Morgan fingerprint density at radius 3 is 2.57 bits per heavy atom. The van der Waals surface area contributed by atoms with E-state index in [2.05, 4.69) is 4.99 Å². The van der Waals surface area contributed by atoms with Gasteiger partial charge >= 0.3 is 5.97 Å². The minimum atomic E-state index is -0.401. The lowest BCUT2D eigenvalue weighted by atomic mass is 10.2. The third-order valence-electron chi connectivity index (χ3n) is 4.98. The second kappa shape index (κ2) is 10.8. The van der Waals surface area contributed by atoms with E-state index in [0.717, 1.165) is 41.7 Å². The average Bonchev–Trinajstić information content (AvgIpc) is 2.89. The number of likely N-dealkylation sites (tertiary alicyclic amines) is 1. The SMILES string of the molecule is COC(=O)Cn1c(=NC(=O)CSCC(=O)N2CCCCCC2)sc2cc(C)ccc21. The maximum Gasteiger partial charge on any atom is 0.325 e. The van der Waals surface area contributed by atoms with Crippen LogP contribution >= 0.6 is 23.1 Å². The summed E-state index contributed by atoms with van der Waals surface area (Å²) in [4.78, 5) is 43.2. The van der Waals surface area contributed by atoms with Gasteiger partial charge in [-0.25, -0.2) is 0 Å². The zero-order valence-corrected chi connectivity index (χ0v) is 19.0. The van der Waals surface area contributed by atoms with Crippen molar-refractivity contribution in [2.24, 2.45) is 4.99 Å². The quantitative estimate of drug-likeness (QED) is 0.634. The van der Waals surface area contributed by atoms with Gasteiger partial charge in [-0.1, -0.05) is 30.2 Å². The molecule has 0 radical (unpaired) electrons. The lowest BCUT2D eigenvalue weighted by Gasteiger charge is -2.19. The molecule has 0 saturated carbocycles. The van der Waals surface area contributed by atoms with Crippen molar-refractivity contribution in [3.63, 3.8) is 0 Å². The monoisotopic (exact) mass is 449 g/mol. The molecule has 0 N–H and O–H groups in total. The van der Waals surface area contributed by atoms with E-state index in [1.54, 1.807) is 4.57 Å². The number of nitrogens with zero attached hydrogens (tertiary/aromatic N) is 3. The molecule has 1 aromatic heterocycles. The third kappa shape index (κ3) is 5.95. The number of esters is 1. The second-order valence-corrected chi connectivity index (χ2v) is 9.31. The van der Waals surface area contributed by atoms with E-state index >= 15 is 0 Å². The average molecular weight is 450 g/mol. The van der Waals surface area contributed by atoms with Gasteiger partial charge in [-0.05, 0) is 37.5 Å². The van der Waals surface area contributed by atoms with Crippen LogP contribution in [0.15, 0.2) is 23.2 Å². The van der Waals surface area contributed by atoms with Crippen LogP contribution in [0.25, 0.3) is 10.2 Å². The molecule has 1 aromatic carbocycles. The highest BCUT2D eigenvalue weighted by Crippen LogP contribution is 2.19.